The predicted octanol–water partition coefficient (Wildman–Crippen LogP) is 3.93. The Kier molecular flexibility index (Phi) is 7.23. The van der Waals surface area contributed by atoms with Crippen LogP contribution < -0.4 is 20.9 Å². The van der Waals surface area contributed by atoms with Crippen molar-refractivity contribution in [3.63, 3.8) is 0 Å². The Hall–Kier alpha value is -4.44. The molecule has 0 aliphatic carbocycles. The first-order chi connectivity index (χ1) is 18.4. The van der Waals surface area contributed by atoms with Gasteiger partial charge in [-0.15, -0.1) is 0 Å². The summed E-state index contributed by atoms with van der Waals surface area (Å²) in [4.78, 5) is 32.3. The summed E-state index contributed by atoms with van der Waals surface area (Å²) in [5.41, 5.74) is 5.98. The minimum Gasteiger partial charge on any atom is -0.378 e. The molecule has 1 fully saturated rings. The second kappa shape index (κ2) is 10.9. The summed E-state index contributed by atoms with van der Waals surface area (Å²) in [5, 5.41) is 13.5. The normalized spacial score (nSPS) is 13.4. The molecule has 0 bridgehead atoms. The number of aryl methyl sites for hydroxylation is 2. The van der Waals surface area contributed by atoms with Gasteiger partial charge in [-0.3, -0.25) is 9.59 Å². The number of hydrogen-bond donors (Lipinski definition) is 3. The van der Waals surface area contributed by atoms with Crippen molar-refractivity contribution in [1.82, 2.24) is 19.9 Å². The summed E-state index contributed by atoms with van der Waals surface area (Å²) in [6.07, 6.45) is 3.13. The van der Waals surface area contributed by atoms with Crippen LogP contribution in [0.1, 0.15) is 38.8 Å². The fraction of sp³-hybridized carbons (Fsp3) is 0.286. The van der Waals surface area contributed by atoms with Gasteiger partial charge >= 0.3 is 0 Å². The van der Waals surface area contributed by atoms with E-state index in [1.54, 1.807) is 22.8 Å². The molecule has 0 saturated carbocycles. The SMILES string of the molecule is CCNC(=O)c1cn2ncnc(Nc3cc(C(=O)Nc4cccc(N5CCOCC5)c4)ccc3C)c2c1C. The van der Waals surface area contributed by atoms with Crippen LogP contribution in [0, 0.1) is 13.8 Å². The number of amides is 2. The molecule has 2 aromatic carbocycles. The van der Waals surface area contributed by atoms with Crippen LogP contribution in [-0.4, -0.2) is 59.3 Å². The molecule has 1 saturated heterocycles. The Bertz CT molecular complexity index is 1490. The summed E-state index contributed by atoms with van der Waals surface area (Å²) < 4.78 is 7.09. The number of ether oxygens (including phenoxy) is 1. The Morgan fingerprint density at radius 3 is 2.66 bits per heavy atom. The fourth-order valence-electron chi connectivity index (χ4n) is 4.57. The van der Waals surface area contributed by atoms with E-state index in [1.165, 1.54) is 6.33 Å². The van der Waals surface area contributed by atoms with Gasteiger partial charge in [0.1, 0.15) is 11.8 Å². The van der Waals surface area contributed by atoms with Crippen molar-refractivity contribution in [2.75, 3.05) is 48.4 Å². The van der Waals surface area contributed by atoms with E-state index in [0.717, 1.165) is 41.3 Å². The van der Waals surface area contributed by atoms with Gasteiger partial charge < -0.3 is 25.6 Å². The summed E-state index contributed by atoms with van der Waals surface area (Å²) in [5.74, 6) is 0.179. The van der Waals surface area contributed by atoms with Crippen molar-refractivity contribution >= 4 is 40.2 Å². The van der Waals surface area contributed by atoms with E-state index >= 15 is 0 Å². The van der Waals surface area contributed by atoms with E-state index < -0.39 is 0 Å². The van der Waals surface area contributed by atoms with Crippen molar-refractivity contribution in [2.45, 2.75) is 20.8 Å². The monoisotopic (exact) mass is 513 g/mol. The van der Waals surface area contributed by atoms with Crippen molar-refractivity contribution in [3.8, 4) is 0 Å². The van der Waals surface area contributed by atoms with Crippen LogP contribution in [0.15, 0.2) is 55.0 Å². The fourth-order valence-corrected chi connectivity index (χ4v) is 4.57. The Labute approximate surface area is 221 Å². The molecule has 5 rings (SSSR count). The highest BCUT2D eigenvalue weighted by molar-refractivity contribution is 6.05. The van der Waals surface area contributed by atoms with Crippen molar-refractivity contribution in [3.05, 3.63) is 77.2 Å². The van der Waals surface area contributed by atoms with Gasteiger partial charge in [-0.2, -0.15) is 5.10 Å². The molecule has 38 heavy (non-hydrogen) atoms. The first-order valence-electron chi connectivity index (χ1n) is 12.7. The van der Waals surface area contributed by atoms with E-state index in [-0.39, 0.29) is 11.8 Å². The number of hydrogen-bond acceptors (Lipinski definition) is 7. The third-order valence-electron chi connectivity index (χ3n) is 6.64. The van der Waals surface area contributed by atoms with Crippen LogP contribution in [0.5, 0.6) is 0 Å². The highest BCUT2D eigenvalue weighted by atomic mass is 16.5. The Morgan fingerprint density at radius 1 is 1.05 bits per heavy atom. The quantitative estimate of drug-likeness (QED) is 0.343. The topological polar surface area (TPSA) is 113 Å². The molecule has 10 heteroatoms. The number of nitrogens with one attached hydrogen (secondary N) is 3. The number of fused-ring (bicyclic) bond motifs is 1. The van der Waals surface area contributed by atoms with E-state index in [2.05, 4.69) is 30.9 Å². The zero-order chi connectivity index (χ0) is 26.6. The molecule has 196 valence electrons. The standard InChI is InChI=1S/C28H31N7O3/c1-4-29-28(37)23-16-35-25(19(23)3)26(30-17-31-35)33-24-14-20(9-8-18(24)2)27(36)32-21-6-5-7-22(15-21)34-10-12-38-13-11-34/h5-9,14-17H,4,10-13H2,1-3H3,(H,29,37)(H,32,36)(H,30,31,33). The van der Waals surface area contributed by atoms with Gasteiger partial charge in [0.05, 0.1) is 18.8 Å². The Morgan fingerprint density at radius 2 is 1.87 bits per heavy atom. The largest absolute Gasteiger partial charge is 0.378 e. The highest BCUT2D eigenvalue weighted by Crippen LogP contribution is 2.28. The van der Waals surface area contributed by atoms with Gasteiger partial charge in [-0.05, 0) is 62.2 Å². The van der Waals surface area contributed by atoms with E-state index in [0.29, 0.717) is 42.2 Å². The summed E-state index contributed by atoms with van der Waals surface area (Å²) in [6, 6.07) is 13.3. The number of rotatable bonds is 7. The van der Waals surface area contributed by atoms with E-state index in [4.69, 9.17) is 4.74 Å². The minimum absolute atomic E-state index is 0.158. The van der Waals surface area contributed by atoms with Crippen LogP contribution in [0.2, 0.25) is 0 Å². The zero-order valence-corrected chi connectivity index (χ0v) is 21.7. The first kappa shape index (κ1) is 25.2. The third kappa shape index (κ3) is 5.16. The number of carbonyl (C=O) groups is 2. The van der Waals surface area contributed by atoms with E-state index in [1.807, 2.05) is 51.1 Å². The first-order valence-corrected chi connectivity index (χ1v) is 12.7. The number of nitrogens with zero attached hydrogens (tertiary/aromatic N) is 4. The van der Waals surface area contributed by atoms with Crippen LogP contribution in [0.4, 0.5) is 22.9 Å². The average molecular weight is 514 g/mol. The molecule has 0 atom stereocenters. The average Bonchev–Trinajstić information content (AvgIpc) is 3.28. The maximum absolute atomic E-state index is 13.2. The molecule has 10 nitrogen and oxygen atoms in total. The molecule has 2 aromatic heterocycles. The lowest BCUT2D eigenvalue weighted by atomic mass is 10.1. The number of morpholine rings is 1. The summed E-state index contributed by atoms with van der Waals surface area (Å²) >= 11 is 0. The number of benzene rings is 2. The van der Waals surface area contributed by atoms with Crippen LogP contribution in [0.3, 0.4) is 0 Å². The van der Waals surface area contributed by atoms with Crippen molar-refractivity contribution < 1.29 is 14.3 Å². The maximum Gasteiger partial charge on any atom is 0.255 e. The van der Waals surface area contributed by atoms with Crippen LogP contribution in [-0.2, 0) is 4.74 Å². The smallest absolute Gasteiger partial charge is 0.255 e. The second-order valence-corrected chi connectivity index (χ2v) is 9.19. The molecule has 0 spiro atoms. The van der Waals surface area contributed by atoms with E-state index in [9.17, 15) is 9.59 Å². The van der Waals surface area contributed by atoms with Crippen molar-refractivity contribution in [2.24, 2.45) is 0 Å². The van der Waals surface area contributed by atoms with Gasteiger partial charge in [-0.25, -0.2) is 9.50 Å². The van der Waals surface area contributed by atoms with Crippen LogP contribution >= 0.6 is 0 Å². The van der Waals surface area contributed by atoms with Gasteiger partial charge in [0.15, 0.2) is 5.82 Å². The lowest BCUT2D eigenvalue weighted by Crippen LogP contribution is -2.36. The number of carbonyl (C=O) groups excluding carboxylic acids is 2. The van der Waals surface area contributed by atoms with Gasteiger partial charge in [0.25, 0.3) is 11.8 Å². The minimum atomic E-state index is -0.211. The maximum atomic E-state index is 13.2. The molecule has 3 heterocycles. The number of aromatic nitrogens is 3. The third-order valence-corrected chi connectivity index (χ3v) is 6.64. The van der Waals surface area contributed by atoms with Crippen molar-refractivity contribution in [1.29, 1.82) is 0 Å². The van der Waals surface area contributed by atoms with Gasteiger partial charge in [0.2, 0.25) is 0 Å². The molecule has 0 radical (unpaired) electrons. The molecule has 1 aliphatic rings. The highest BCUT2D eigenvalue weighted by Gasteiger charge is 2.19. The molecule has 0 unspecified atom stereocenters. The molecule has 4 aromatic rings. The summed E-state index contributed by atoms with van der Waals surface area (Å²) in [7, 11) is 0. The number of anilines is 4. The molecule has 3 N–H and O–H groups in total. The van der Waals surface area contributed by atoms with Gasteiger partial charge in [0, 0.05) is 48.5 Å². The zero-order valence-electron chi connectivity index (χ0n) is 21.7. The molecular formula is C28H31N7O3. The molecular weight excluding hydrogens is 482 g/mol. The lowest BCUT2D eigenvalue weighted by Gasteiger charge is -2.29. The predicted molar refractivity (Wildman–Crippen MR) is 148 cm³/mol. The van der Waals surface area contributed by atoms with Crippen LogP contribution in [0.25, 0.3) is 5.52 Å². The lowest BCUT2D eigenvalue weighted by molar-refractivity contribution is 0.0954. The summed E-state index contributed by atoms with van der Waals surface area (Å²) in [6.45, 7) is 9.29. The molecule has 1 aliphatic heterocycles. The molecule has 2 amide bonds. The Balaban J connectivity index is 1.38. The second-order valence-electron chi connectivity index (χ2n) is 9.19. The van der Waals surface area contributed by atoms with Gasteiger partial charge in [-0.1, -0.05) is 12.1 Å².